The van der Waals surface area contributed by atoms with Crippen molar-refractivity contribution in [2.24, 2.45) is 5.73 Å². The smallest absolute Gasteiger partial charge is 0.416 e. The van der Waals surface area contributed by atoms with E-state index in [0.29, 0.717) is 24.9 Å². The number of benzene rings is 3. The fraction of sp³-hybridized carbons (Fsp3) is 0.273. The number of phenolic OH excluding ortho intramolecular Hbond substituents is 1. The van der Waals surface area contributed by atoms with Crippen molar-refractivity contribution in [3.8, 4) is 11.5 Å². The molecule has 0 radical (unpaired) electrons. The number of carboxylic acid groups (broad SMARTS) is 2. The van der Waals surface area contributed by atoms with Crippen molar-refractivity contribution in [3.05, 3.63) is 83.4 Å². The van der Waals surface area contributed by atoms with E-state index in [1.54, 1.807) is 6.92 Å². The number of carbonyl (C=O) groups excluding carboxylic acids is 4. The normalized spacial score (nSPS) is 11.1. The van der Waals surface area contributed by atoms with Crippen LogP contribution >= 0.6 is 0 Å². The van der Waals surface area contributed by atoms with Crippen LogP contribution in [0.1, 0.15) is 46.0 Å². The van der Waals surface area contributed by atoms with Crippen molar-refractivity contribution in [3.63, 3.8) is 0 Å². The summed E-state index contributed by atoms with van der Waals surface area (Å²) in [6, 6.07) is 14.4. The van der Waals surface area contributed by atoms with Crippen LogP contribution in [0, 0.1) is 0 Å². The number of aliphatic carboxylic acids is 1. The van der Waals surface area contributed by atoms with Gasteiger partial charge in [-0.25, -0.2) is 19.3 Å². The van der Waals surface area contributed by atoms with Gasteiger partial charge >= 0.3 is 23.9 Å². The van der Waals surface area contributed by atoms with Gasteiger partial charge in [-0.3, -0.25) is 19.3 Å². The SMILES string of the molecule is CCNC(=O)c1c(O)cccc1OCCCCN(C(=O)OC)C(=O)[C@@H](N)Cc1ccc(N(C(=O)C(=O)O)c2ccccc2C(=O)O)cc1. The summed E-state index contributed by atoms with van der Waals surface area (Å²) in [6.45, 7) is 2.14. The van der Waals surface area contributed by atoms with E-state index in [4.69, 9.17) is 15.2 Å². The number of amides is 4. The van der Waals surface area contributed by atoms with Crippen LogP contribution in [0.4, 0.5) is 16.2 Å². The van der Waals surface area contributed by atoms with Crippen LogP contribution in [-0.2, 0) is 25.5 Å². The maximum atomic E-state index is 13.2. The topological polar surface area (TPSA) is 226 Å². The number of carboxylic acids is 2. The summed E-state index contributed by atoms with van der Waals surface area (Å²) in [5.41, 5.74) is 6.28. The Morgan fingerprint density at radius 2 is 1.60 bits per heavy atom. The third-order valence-electron chi connectivity index (χ3n) is 6.99. The number of anilines is 2. The predicted octanol–water partition coefficient (Wildman–Crippen LogP) is 2.91. The molecular weight excluding hydrogens is 628 g/mol. The lowest BCUT2D eigenvalue weighted by molar-refractivity contribution is -0.148. The molecule has 254 valence electrons. The van der Waals surface area contributed by atoms with Crippen molar-refractivity contribution in [2.75, 3.05) is 31.7 Å². The first-order valence-corrected chi connectivity index (χ1v) is 14.8. The number of nitrogens with two attached hydrogens (primary N) is 1. The summed E-state index contributed by atoms with van der Waals surface area (Å²) in [5.74, 6) is -5.82. The van der Waals surface area contributed by atoms with Crippen LogP contribution in [0.5, 0.6) is 11.5 Å². The summed E-state index contributed by atoms with van der Waals surface area (Å²) >= 11 is 0. The first kappa shape index (κ1) is 36.5. The molecule has 0 aliphatic rings. The van der Waals surface area contributed by atoms with Crippen molar-refractivity contribution in [1.29, 1.82) is 0 Å². The van der Waals surface area contributed by atoms with E-state index in [9.17, 15) is 44.1 Å². The van der Waals surface area contributed by atoms with Gasteiger partial charge in [-0.05, 0) is 68.1 Å². The molecule has 0 aliphatic heterocycles. The lowest BCUT2D eigenvalue weighted by atomic mass is 10.0. The summed E-state index contributed by atoms with van der Waals surface area (Å²) < 4.78 is 10.5. The maximum Gasteiger partial charge on any atom is 0.416 e. The third-order valence-corrected chi connectivity index (χ3v) is 6.99. The average Bonchev–Trinajstić information content (AvgIpc) is 3.06. The molecule has 3 aromatic rings. The highest BCUT2D eigenvalue weighted by atomic mass is 16.5. The van der Waals surface area contributed by atoms with Gasteiger partial charge in [0, 0.05) is 18.8 Å². The van der Waals surface area contributed by atoms with E-state index >= 15 is 0 Å². The standard InChI is InChI=1S/C33H36N4O11/c1-3-35-28(39)27-25(38)11-8-12-26(27)48-18-7-6-17-36(33(46)47-2)29(40)23(34)19-20-13-15-21(16-14-20)37(30(41)32(44)45)24-10-5-4-9-22(24)31(42)43/h4-5,8-16,23,38H,3,6-7,17-19,34H2,1-2H3,(H,35,39)(H,42,43)(H,44,45)/t23-/m0/s1. The molecule has 4 amide bonds. The lowest BCUT2D eigenvalue weighted by Gasteiger charge is -2.24. The number of phenols is 1. The second-order valence-electron chi connectivity index (χ2n) is 10.3. The fourth-order valence-electron chi connectivity index (χ4n) is 4.71. The highest BCUT2D eigenvalue weighted by Crippen LogP contribution is 2.30. The number of methoxy groups -OCH3 is 1. The number of carbonyl (C=O) groups is 6. The van der Waals surface area contributed by atoms with E-state index in [2.05, 4.69) is 5.32 Å². The van der Waals surface area contributed by atoms with Crippen molar-refractivity contribution in [1.82, 2.24) is 10.2 Å². The number of hydrogen-bond acceptors (Lipinski definition) is 10. The molecule has 3 rings (SSSR count). The largest absolute Gasteiger partial charge is 0.507 e. The number of para-hydroxylation sites is 1. The second-order valence-corrected chi connectivity index (χ2v) is 10.3. The van der Waals surface area contributed by atoms with Crippen LogP contribution in [0.2, 0.25) is 0 Å². The van der Waals surface area contributed by atoms with Crippen LogP contribution < -0.4 is 20.7 Å². The van der Waals surface area contributed by atoms with E-state index in [1.807, 2.05) is 0 Å². The molecule has 48 heavy (non-hydrogen) atoms. The zero-order chi connectivity index (χ0) is 35.4. The quantitative estimate of drug-likeness (QED) is 0.124. The number of rotatable bonds is 14. The second kappa shape index (κ2) is 17.1. The Labute approximate surface area is 275 Å². The highest BCUT2D eigenvalue weighted by molar-refractivity contribution is 6.39. The summed E-state index contributed by atoms with van der Waals surface area (Å²) in [4.78, 5) is 75.5. The van der Waals surface area contributed by atoms with Crippen molar-refractivity contribution >= 4 is 47.1 Å². The minimum atomic E-state index is -1.80. The highest BCUT2D eigenvalue weighted by Gasteiger charge is 2.29. The molecule has 3 aromatic carbocycles. The Balaban J connectivity index is 1.67. The zero-order valence-corrected chi connectivity index (χ0v) is 26.3. The maximum absolute atomic E-state index is 13.2. The number of nitrogens with one attached hydrogen (secondary N) is 1. The Bertz CT molecular complexity index is 1660. The molecule has 0 heterocycles. The summed E-state index contributed by atoms with van der Waals surface area (Å²) in [5, 5.41) is 31.7. The molecule has 6 N–H and O–H groups in total. The first-order chi connectivity index (χ1) is 22.9. The van der Waals surface area contributed by atoms with Crippen LogP contribution in [0.3, 0.4) is 0 Å². The van der Waals surface area contributed by atoms with E-state index < -0.39 is 41.8 Å². The fourth-order valence-corrected chi connectivity index (χ4v) is 4.71. The molecule has 0 aromatic heterocycles. The molecule has 15 nitrogen and oxygen atoms in total. The number of imide groups is 1. The zero-order valence-electron chi connectivity index (χ0n) is 26.3. The third kappa shape index (κ3) is 9.07. The molecule has 0 saturated carbocycles. The van der Waals surface area contributed by atoms with Crippen LogP contribution in [0.15, 0.2) is 66.7 Å². The number of unbranched alkanes of at least 4 members (excludes halogenated alkanes) is 1. The van der Waals surface area contributed by atoms with Gasteiger partial charge in [0.25, 0.3) is 5.91 Å². The monoisotopic (exact) mass is 664 g/mol. The molecule has 0 unspecified atom stereocenters. The Morgan fingerprint density at radius 1 is 0.917 bits per heavy atom. The van der Waals surface area contributed by atoms with Gasteiger partial charge in [0.2, 0.25) is 5.91 Å². The van der Waals surface area contributed by atoms with Gasteiger partial charge in [-0.2, -0.15) is 0 Å². The molecule has 0 fully saturated rings. The Morgan fingerprint density at radius 3 is 2.23 bits per heavy atom. The lowest BCUT2D eigenvalue weighted by Crippen LogP contribution is -2.48. The minimum absolute atomic E-state index is 0.00371. The number of aromatic carboxylic acids is 1. The van der Waals surface area contributed by atoms with E-state index in [-0.39, 0.29) is 53.6 Å². The van der Waals surface area contributed by atoms with Crippen molar-refractivity contribution < 1.29 is 53.6 Å². The average molecular weight is 665 g/mol. The predicted molar refractivity (Wildman–Crippen MR) is 171 cm³/mol. The molecule has 0 bridgehead atoms. The molecule has 0 spiro atoms. The molecule has 15 heteroatoms. The molecule has 0 saturated heterocycles. The molecule has 1 atom stereocenters. The number of aromatic hydroxyl groups is 1. The first-order valence-electron chi connectivity index (χ1n) is 14.8. The number of ether oxygens (including phenoxy) is 2. The van der Waals surface area contributed by atoms with Crippen molar-refractivity contribution in [2.45, 2.75) is 32.2 Å². The summed E-state index contributed by atoms with van der Waals surface area (Å²) in [7, 11) is 1.12. The van der Waals surface area contributed by atoms with Crippen LogP contribution in [0.25, 0.3) is 0 Å². The Hall–Kier alpha value is -5.96. The van der Waals surface area contributed by atoms with E-state index in [1.165, 1.54) is 66.7 Å². The number of hydrogen-bond donors (Lipinski definition) is 5. The Kier molecular flexibility index (Phi) is 13.0. The van der Waals surface area contributed by atoms with E-state index in [0.717, 1.165) is 16.9 Å². The van der Waals surface area contributed by atoms with Gasteiger partial charge < -0.3 is 35.8 Å². The molecular formula is C33H36N4O11. The van der Waals surface area contributed by atoms with Gasteiger partial charge in [0.05, 0.1) is 31.0 Å². The minimum Gasteiger partial charge on any atom is -0.507 e. The van der Waals surface area contributed by atoms with Gasteiger partial charge in [0.15, 0.2) is 0 Å². The van der Waals surface area contributed by atoms with Gasteiger partial charge in [-0.15, -0.1) is 0 Å². The number of nitrogens with zero attached hydrogens (tertiary/aromatic N) is 2. The summed E-state index contributed by atoms with van der Waals surface area (Å²) in [6.07, 6.45) is -0.311. The van der Waals surface area contributed by atoms with Crippen LogP contribution in [-0.4, -0.2) is 88.8 Å². The van der Waals surface area contributed by atoms with Gasteiger partial charge in [-0.1, -0.05) is 30.3 Å². The van der Waals surface area contributed by atoms with Gasteiger partial charge in [0.1, 0.15) is 17.1 Å². The molecule has 0 aliphatic carbocycles.